The van der Waals surface area contributed by atoms with Crippen molar-refractivity contribution in [2.75, 3.05) is 6.61 Å². The van der Waals surface area contributed by atoms with Crippen LogP contribution in [0.25, 0.3) is 0 Å². The van der Waals surface area contributed by atoms with Gasteiger partial charge in [-0.15, -0.1) is 11.3 Å². The molecule has 100 valence electrons. The van der Waals surface area contributed by atoms with E-state index in [9.17, 15) is 0 Å². The minimum atomic E-state index is -0.141. The molecule has 2 nitrogen and oxygen atoms in total. The lowest BCUT2D eigenvalue weighted by molar-refractivity contribution is 0.0905. The number of alkyl halides is 1. The molecule has 2 unspecified atom stereocenters. The SMILES string of the molecule is Clc1cc(C(Br)C2COc3ccccc3O2)c(Cl)s1. The van der Waals surface area contributed by atoms with Crippen LogP contribution >= 0.6 is 50.5 Å². The quantitative estimate of drug-likeness (QED) is 0.656. The number of para-hydroxylation sites is 2. The summed E-state index contributed by atoms with van der Waals surface area (Å²) < 4.78 is 13.0. The Bertz CT molecular complexity index is 602. The molecular formula is C13H9BrCl2O2S. The van der Waals surface area contributed by atoms with E-state index in [0.29, 0.717) is 15.3 Å². The van der Waals surface area contributed by atoms with Crippen LogP contribution in [0.1, 0.15) is 10.4 Å². The highest BCUT2D eigenvalue weighted by Gasteiger charge is 2.30. The van der Waals surface area contributed by atoms with Gasteiger partial charge in [0.2, 0.25) is 0 Å². The van der Waals surface area contributed by atoms with Crippen LogP contribution in [0, 0.1) is 0 Å². The fraction of sp³-hybridized carbons (Fsp3) is 0.231. The fourth-order valence-electron chi connectivity index (χ4n) is 1.92. The van der Waals surface area contributed by atoms with Crippen molar-refractivity contribution in [2.45, 2.75) is 10.9 Å². The molecule has 1 aliphatic heterocycles. The molecule has 1 aromatic carbocycles. The van der Waals surface area contributed by atoms with Gasteiger partial charge in [0.15, 0.2) is 11.5 Å². The summed E-state index contributed by atoms with van der Waals surface area (Å²) >= 11 is 17.1. The highest BCUT2D eigenvalue weighted by molar-refractivity contribution is 9.09. The molecule has 6 heteroatoms. The van der Waals surface area contributed by atoms with Gasteiger partial charge in [0.1, 0.15) is 12.7 Å². The van der Waals surface area contributed by atoms with Gasteiger partial charge in [0.05, 0.1) is 13.5 Å². The van der Waals surface area contributed by atoms with Crippen LogP contribution in [0.5, 0.6) is 11.5 Å². The molecule has 0 N–H and O–H groups in total. The molecule has 1 aliphatic rings. The van der Waals surface area contributed by atoms with Gasteiger partial charge in [-0.25, -0.2) is 0 Å². The second-order valence-corrected chi connectivity index (χ2v) is 7.37. The summed E-state index contributed by atoms with van der Waals surface area (Å²) in [6, 6.07) is 9.48. The summed E-state index contributed by atoms with van der Waals surface area (Å²) in [4.78, 5) is -0.0582. The molecule has 2 atom stereocenters. The molecular weight excluding hydrogens is 371 g/mol. The van der Waals surface area contributed by atoms with Crippen LogP contribution < -0.4 is 9.47 Å². The Hall–Kier alpha value is -0.420. The van der Waals surface area contributed by atoms with Crippen LogP contribution in [0.2, 0.25) is 8.67 Å². The van der Waals surface area contributed by atoms with E-state index in [1.165, 1.54) is 11.3 Å². The summed E-state index contributed by atoms with van der Waals surface area (Å²) in [6.45, 7) is 0.469. The average molecular weight is 380 g/mol. The number of rotatable bonds is 2. The number of hydrogen-bond acceptors (Lipinski definition) is 3. The summed E-state index contributed by atoms with van der Waals surface area (Å²) in [7, 11) is 0. The fourth-order valence-corrected chi connectivity index (χ4v) is 4.38. The molecule has 0 fully saturated rings. The van der Waals surface area contributed by atoms with Crippen molar-refractivity contribution >= 4 is 50.5 Å². The second kappa shape index (κ2) is 5.52. The van der Waals surface area contributed by atoms with Crippen molar-refractivity contribution < 1.29 is 9.47 Å². The van der Waals surface area contributed by atoms with Crippen LogP contribution in [-0.4, -0.2) is 12.7 Å². The van der Waals surface area contributed by atoms with Crippen molar-refractivity contribution in [3.63, 3.8) is 0 Å². The standard InChI is InChI=1S/C13H9BrCl2O2S/c14-12(7-5-11(15)19-13(7)16)10-6-17-8-3-1-2-4-9(8)18-10/h1-5,10,12H,6H2. The zero-order chi connectivity index (χ0) is 13.4. The summed E-state index contributed by atoms with van der Waals surface area (Å²) in [5, 5.41) is 0. The van der Waals surface area contributed by atoms with Gasteiger partial charge in [-0.3, -0.25) is 0 Å². The number of halogens is 3. The predicted molar refractivity (Wildman–Crippen MR) is 82.4 cm³/mol. The molecule has 0 amide bonds. The second-order valence-electron chi connectivity index (χ2n) is 4.10. The minimum absolute atomic E-state index is 0.0582. The Balaban J connectivity index is 1.83. The summed E-state index contributed by atoms with van der Waals surface area (Å²) in [5.74, 6) is 1.52. The molecule has 2 aromatic rings. The van der Waals surface area contributed by atoms with Crippen molar-refractivity contribution in [1.29, 1.82) is 0 Å². The number of thiophene rings is 1. The normalized spacial score (nSPS) is 19.2. The minimum Gasteiger partial charge on any atom is -0.486 e. The Morgan fingerprint density at radius 3 is 2.68 bits per heavy atom. The molecule has 3 rings (SSSR count). The summed E-state index contributed by atoms with van der Waals surface area (Å²) in [6.07, 6.45) is -0.141. The molecule has 0 spiro atoms. The Morgan fingerprint density at radius 1 is 1.26 bits per heavy atom. The third-order valence-electron chi connectivity index (χ3n) is 2.84. The zero-order valence-electron chi connectivity index (χ0n) is 9.61. The van der Waals surface area contributed by atoms with Crippen molar-refractivity contribution in [1.82, 2.24) is 0 Å². The lowest BCUT2D eigenvalue weighted by Gasteiger charge is -2.29. The van der Waals surface area contributed by atoms with Crippen LogP contribution in [0.3, 0.4) is 0 Å². The van der Waals surface area contributed by atoms with Gasteiger partial charge < -0.3 is 9.47 Å². The highest BCUT2D eigenvalue weighted by atomic mass is 79.9. The largest absolute Gasteiger partial charge is 0.486 e. The van der Waals surface area contributed by atoms with Crippen LogP contribution in [0.15, 0.2) is 30.3 Å². The molecule has 19 heavy (non-hydrogen) atoms. The lowest BCUT2D eigenvalue weighted by atomic mass is 10.1. The molecule has 0 aliphatic carbocycles. The molecule has 1 aromatic heterocycles. The maximum Gasteiger partial charge on any atom is 0.161 e. The van der Waals surface area contributed by atoms with Gasteiger partial charge in [0, 0.05) is 5.56 Å². The number of hydrogen-bond donors (Lipinski definition) is 0. The maximum atomic E-state index is 6.17. The van der Waals surface area contributed by atoms with E-state index in [-0.39, 0.29) is 10.9 Å². The van der Waals surface area contributed by atoms with Gasteiger partial charge >= 0.3 is 0 Å². The maximum absolute atomic E-state index is 6.17. The third-order valence-corrected chi connectivity index (χ3v) is 5.44. The smallest absolute Gasteiger partial charge is 0.161 e. The van der Waals surface area contributed by atoms with E-state index >= 15 is 0 Å². The third kappa shape index (κ3) is 2.72. The first-order chi connectivity index (χ1) is 9.15. The number of benzene rings is 1. The average Bonchev–Trinajstić information content (AvgIpc) is 2.76. The molecule has 0 bridgehead atoms. The van der Waals surface area contributed by atoms with Gasteiger partial charge in [0.25, 0.3) is 0 Å². The van der Waals surface area contributed by atoms with Crippen molar-refractivity contribution in [2.24, 2.45) is 0 Å². The van der Waals surface area contributed by atoms with Crippen LogP contribution in [-0.2, 0) is 0 Å². The predicted octanol–water partition coefficient (Wildman–Crippen LogP) is 5.33. The number of ether oxygens (including phenoxy) is 2. The van der Waals surface area contributed by atoms with E-state index in [2.05, 4.69) is 15.9 Å². The molecule has 0 saturated heterocycles. The van der Waals surface area contributed by atoms with Crippen molar-refractivity contribution in [3.05, 3.63) is 44.6 Å². The molecule has 2 heterocycles. The first-order valence-electron chi connectivity index (χ1n) is 5.62. The van der Waals surface area contributed by atoms with E-state index in [1.54, 1.807) is 0 Å². The monoisotopic (exact) mass is 378 g/mol. The summed E-state index contributed by atoms with van der Waals surface area (Å²) in [5.41, 5.74) is 0.935. The van der Waals surface area contributed by atoms with Gasteiger partial charge in [-0.2, -0.15) is 0 Å². The van der Waals surface area contributed by atoms with E-state index in [1.807, 2.05) is 30.3 Å². The Morgan fingerprint density at radius 2 is 2.00 bits per heavy atom. The Labute approximate surface area is 133 Å². The van der Waals surface area contributed by atoms with E-state index < -0.39 is 0 Å². The molecule has 0 saturated carbocycles. The number of fused-ring (bicyclic) bond motifs is 1. The van der Waals surface area contributed by atoms with E-state index in [4.69, 9.17) is 32.7 Å². The lowest BCUT2D eigenvalue weighted by Crippen LogP contribution is -2.32. The van der Waals surface area contributed by atoms with Crippen molar-refractivity contribution in [3.8, 4) is 11.5 Å². The van der Waals surface area contributed by atoms with Crippen LogP contribution in [0.4, 0.5) is 0 Å². The van der Waals surface area contributed by atoms with Gasteiger partial charge in [-0.05, 0) is 18.2 Å². The first kappa shape index (κ1) is 13.6. The van der Waals surface area contributed by atoms with Gasteiger partial charge in [-0.1, -0.05) is 51.3 Å². The van der Waals surface area contributed by atoms with E-state index in [0.717, 1.165) is 17.1 Å². The topological polar surface area (TPSA) is 18.5 Å². The molecule has 0 radical (unpaired) electrons. The Kier molecular flexibility index (Phi) is 3.94. The highest BCUT2D eigenvalue weighted by Crippen LogP contribution is 2.43. The zero-order valence-corrected chi connectivity index (χ0v) is 13.5. The first-order valence-corrected chi connectivity index (χ1v) is 8.11.